The minimum absolute atomic E-state index is 0.150. The van der Waals surface area contributed by atoms with Gasteiger partial charge in [-0.05, 0) is 65.2 Å². The summed E-state index contributed by atoms with van der Waals surface area (Å²) in [6.45, 7) is 2.54. The second kappa shape index (κ2) is 5.85. The Balaban J connectivity index is 1.91. The van der Waals surface area contributed by atoms with E-state index >= 15 is 0 Å². The highest BCUT2D eigenvalue weighted by molar-refractivity contribution is 14.1. The van der Waals surface area contributed by atoms with Gasteiger partial charge in [-0.1, -0.05) is 6.07 Å². The van der Waals surface area contributed by atoms with Crippen LogP contribution >= 0.6 is 22.6 Å². The summed E-state index contributed by atoms with van der Waals surface area (Å²) >= 11 is 2.30. The molecule has 100 valence electrons. The molecular weight excluding hydrogens is 365 g/mol. The highest BCUT2D eigenvalue weighted by atomic mass is 127. The van der Waals surface area contributed by atoms with Crippen molar-refractivity contribution < 1.29 is 13.0 Å². The van der Waals surface area contributed by atoms with Crippen molar-refractivity contribution in [3.8, 4) is 0 Å². The minimum Gasteiger partial charge on any atom is -0.299 e. The highest BCUT2D eigenvalue weighted by Gasteiger charge is 2.16. The Morgan fingerprint density at radius 3 is 2.83 bits per heavy atom. The maximum atomic E-state index is 10.7. The maximum Gasteiger partial charge on any atom is 0.264 e. The Hall–Kier alpha value is -0.180. The van der Waals surface area contributed by atoms with Gasteiger partial charge < -0.3 is 0 Å². The molecule has 1 aliphatic heterocycles. The summed E-state index contributed by atoms with van der Waals surface area (Å²) in [5.74, 6) is -0.150. The van der Waals surface area contributed by atoms with Gasteiger partial charge in [-0.2, -0.15) is 8.42 Å². The lowest BCUT2D eigenvalue weighted by atomic mass is 10.00. The third-order valence-corrected chi connectivity index (χ3v) is 4.61. The zero-order chi connectivity index (χ0) is 13.2. The average molecular weight is 381 g/mol. The van der Waals surface area contributed by atoms with Gasteiger partial charge in [0.25, 0.3) is 10.1 Å². The van der Waals surface area contributed by atoms with Crippen molar-refractivity contribution in [2.75, 3.05) is 18.8 Å². The lowest BCUT2D eigenvalue weighted by Gasteiger charge is -2.28. The van der Waals surface area contributed by atoms with Crippen LogP contribution in [0.5, 0.6) is 0 Å². The van der Waals surface area contributed by atoms with Gasteiger partial charge in [0.1, 0.15) is 0 Å². The summed E-state index contributed by atoms with van der Waals surface area (Å²) in [6.07, 6.45) is 1.50. The Morgan fingerprint density at radius 2 is 2.11 bits per heavy atom. The molecule has 1 heterocycles. The van der Waals surface area contributed by atoms with Crippen molar-refractivity contribution in [2.45, 2.75) is 19.4 Å². The van der Waals surface area contributed by atoms with Crippen molar-refractivity contribution in [1.82, 2.24) is 4.90 Å². The topological polar surface area (TPSA) is 57.6 Å². The Morgan fingerprint density at radius 1 is 1.33 bits per heavy atom. The zero-order valence-corrected chi connectivity index (χ0v) is 12.9. The molecule has 4 nitrogen and oxygen atoms in total. The number of nitrogens with zero attached hydrogens (tertiary/aromatic N) is 1. The molecule has 0 radical (unpaired) electrons. The number of hydrogen-bond acceptors (Lipinski definition) is 3. The molecule has 0 atom stereocenters. The number of benzene rings is 1. The molecule has 0 saturated heterocycles. The molecule has 0 unspecified atom stereocenters. The van der Waals surface area contributed by atoms with Gasteiger partial charge >= 0.3 is 0 Å². The first-order valence-electron chi connectivity index (χ1n) is 5.89. The van der Waals surface area contributed by atoms with E-state index in [4.69, 9.17) is 4.55 Å². The standard InChI is InChI=1S/C12H16INO3S/c13-12-3-2-10-4-6-14(9-11(10)8-12)5-1-7-18(15,16)17/h2-3,8H,1,4-7,9H2,(H,15,16,17). The number of fused-ring (bicyclic) bond motifs is 1. The molecule has 1 aliphatic rings. The van der Waals surface area contributed by atoms with Gasteiger partial charge in [0.15, 0.2) is 0 Å². The van der Waals surface area contributed by atoms with Crippen LogP contribution in [0.4, 0.5) is 0 Å². The molecule has 0 amide bonds. The second-order valence-corrected chi connectivity index (χ2v) is 7.40. The van der Waals surface area contributed by atoms with Gasteiger partial charge in [0.05, 0.1) is 5.75 Å². The van der Waals surface area contributed by atoms with Crippen molar-refractivity contribution in [2.24, 2.45) is 0 Å². The average Bonchev–Trinajstić information content (AvgIpc) is 2.26. The molecule has 1 N–H and O–H groups in total. The number of hydrogen-bond donors (Lipinski definition) is 1. The smallest absolute Gasteiger partial charge is 0.264 e. The van der Waals surface area contributed by atoms with Crippen LogP contribution in [0.1, 0.15) is 17.5 Å². The predicted octanol–water partition coefficient (Wildman–Crippen LogP) is 1.93. The first-order valence-corrected chi connectivity index (χ1v) is 8.58. The summed E-state index contributed by atoms with van der Waals surface area (Å²) in [4.78, 5) is 2.24. The Kier molecular flexibility index (Phi) is 4.63. The summed E-state index contributed by atoms with van der Waals surface area (Å²) < 4.78 is 31.2. The Labute approximate surface area is 121 Å². The van der Waals surface area contributed by atoms with E-state index in [0.29, 0.717) is 13.0 Å². The van der Waals surface area contributed by atoms with Crippen LogP contribution in [0.15, 0.2) is 18.2 Å². The molecular formula is C12H16INO3S. The molecule has 0 fully saturated rings. The van der Waals surface area contributed by atoms with E-state index in [-0.39, 0.29) is 5.75 Å². The lowest BCUT2D eigenvalue weighted by molar-refractivity contribution is 0.254. The SMILES string of the molecule is O=S(=O)(O)CCCN1CCc2ccc(I)cc2C1. The van der Waals surface area contributed by atoms with Crippen LogP contribution < -0.4 is 0 Å². The van der Waals surface area contributed by atoms with Crippen LogP contribution in [0.2, 0.25) is 0 Å². The number of rotatable bonds is 4. The van der Waals surface area contributed by atoms with Crippen molar-refractivity contribution in [1.29, 1.82) is 0 Å². The fourth-order valence-electron chi connectivity index (χ4n) is 2.25. The third kappa shape index (κ3) is 4.18. The van der Waals surface area contributed by atoms with Crippen LogP contribution in [0.25, 0.3) is 0 Å². The van der Waals surface area contributed by atoms with E-state index in [2.05, 4.69) is 45.7 Å². The summed E-state index contributed by atoms with van der Waals surface area (Å²) in [6, 6.07) is 6.48. The van der Waals surface area contributed by atoms with Crippen molar-refractivity contribution in [3.63, 3.8) is 0 Å². The van der Waals surface area contributed by atoms with E-state index < -0.39 is 10.1 Å². The zero-order valence-electron chi connectivity index (χ0n) is 9.97. The highest BCUT2D eigenvalue weighted by Crippen LogP contribution is 2.21. The molecule has 0 saturated carbocycles. The molecule has 6 heteroatoms. The Bertz CT molecular complexity index is 530. The molecule has 0 aromatic heterocycles. The van der Waals surface area contributed by atoms with Crippen LogP contribution in [-0.2, 0) is 23.1 Å². The fourth-order valence-corrected chi connectivity index (χ4v) is 3.30. The molecule has 0 aliphatic carbocycles. The quantitative estimate of drug-likeness (QED) is 0.640. The van der Waals surface area contributed by atoms with E-state index in [1.807, 2.05) is 0 Å². The lowest BCUT2D eigenvalue weighted by Crippen LogP contribution is -2.32. The van der Waals surface area contributed by atoms with E-state index in [0.717, 1.165) is 19.5 Å². The normalized spacial score (nSPS) is 16.6. The van der Waals surface area contributed by atoms with Gasteiger partial charge in [0.2, 0.25) is 0 Å². The first-order chi connectivity index (χ1) is 8.44. The van der Waals surface area contributed by atoms with Crippen molar-refractivity contribution >= 4 is 32.7 Å². The van der Waals surface area contributed by atoms with Gasteiger partial charge in [-0.25, -0.2) is 0 Å². The third-order valence-electron chi connectivity index (χ3n) is 3.14. The first kappa shape index (κ1) is 14.2. The molecule has 0 bridgehead atoms. The van der Waals surface area contributed by atoms with Gasteiger partial charge in [-0.3, -0.25) is 9.45 Å². The van der Waals surface area contributed by atoms with Crippen LogP contribution in [0.3, 0.4) is 0 Å². The molecule has 0 spiro atoms. The summed E-state index contributed by atoms with van der Waals surface area (Å²) in [5, 5.41) is 0. The van der Waals surface area contributed by atoms with Crippen molar-refractivity contribution in [3.05, 3.63) is 32.9 Å². The predicted molar refractivity (Wildman–Crippen MR) is 79.2 cm³/mol. The number of halogens is 1. The van der Waals surface area contributed by atoms with Crippen LogP contribution in [-0.4, -0.2) is 36.7 Å². The van der Waals surface area contributed by atoms with Crippen LogP contribution in [0, 0.1) is 3.57 Å². The van der Waals surface area contributed by atoms with Gasteiger partial charge in [0, 0.05) is 16.7 Å². The molecule has 18 heavy (non-hydrogen) atoms. The fraction of sp³-hybridized carbons (Fsp3) is 0.500. The largest absolute Gasteiger partial charge is 0.299 e. The van der Waals surface area contributed by atoms with Gasteiger partial charge in [-0.15, -0.1) is 0 Å². The van der Waals surface area contributed by atoms with E-state index in [1.165, 1.54) is 14.7 Å². The molecule has 2 rings (SSSR count). The van der Waals surface area contributed by atoms with E-state index in [9.17, 15) is 8.42 Å². The van der Waals surface area contributed by atoms with E-state index in [1.54, 1.807) is 0 Å². The second-order valence-electron chi connectivity index (χ2n) is 4.58. The summed E-state index contributed by atoms with van der Waals surface area (Å²) in [7, 11) is -3.82. The monoisotopic (exact) mass is 381 g/mol. The maximum absolute atomic E-state index is 10.7. The minimum atomic E-state index is -3.82. The molecule has 1 aromatic rings. The molecule has 1 aromatic carbocycles. The summed E-state index contributed by atoms with van der Waals surface area (Å²) in [5.41, 5.74) is 2.72.